The van der Waals surface area contributed by atoms with Gasteiger partial charge in [-0.05, 0) is 18.3 Å². The lowest BCUT2D eigenvalue weighted by atomic mass is 9.71. The maximum Gasteiger partial charge on any atom is 0.311 e. The number of hydrogen-bond acceptors (Lipinski definition) is 4. The second kappa shape index (κ2) is 6.05. The topological polar surface area (TPSA) is 66.8 Å². The molecule has 2 rings (SSSR count). The molecule has 0 aromatic heterocycles. The lowest BCUT2D eigenvalue weighted by molar-refractivity contribution is -0.167. The normalized spacial score (nSPS) is 32.1. The molecule has 0 aromatic carbocycles. The Morgan fingerprint density at radius 1 is 1.38 bits per heavy atom. The van der Waals surface area contributed by atoms with Crippen LogP contribution < -0.4 is 0 Å². The molecular weight excluding hydrogens is 270 g/mol. The molecule has 0 saturated carbocycles. The van der Waals surface area contributed by atoms with Crippen molar-refractivity contribution in [1.82, 2.24) is 4.90 Å². The number of carboxylic acids is 1. The van der Waals surface area contributed by atoms with E-state index >= 15 is 0 Å². The minimum atomic E-state index is -0.739. The van der Waals surface area contributed by atoms with Crippen molar-refractivity contribution in [3.05, 3.63) is 0 Å². The maximum atomic E-state index is 11.9. The fourth-order valence-corrected chi connectivity index (χ4v) is 3.26. The first-order valence-corrected chi connectivity index (χ1v) is 7.82. The molecule has 0 aliphatic carbocycles. The van der Waals surface area contributed by atoms with Crippen molar-refractivity contribution in [1.29, 1.82) is 0 Å². The Morgan fingerprint density at radius 2 is 2.00 bits per heavy atom. The van der Waals surface area contributed by atoms with Crippen LogP contribution in [0.3, 0.4) is 0 Å². The van der Waals surface area contributed by atoms with Gasteiger partial charge in [0.1, 0.15) is 5.78 Å². The number of rotatable bonds is 3. The molecule has 0 spiro atoms. The fraction of sp³-hybridized carbons (Fsp3) is 0.875. The summed E-state index contributed by atoms with van der Waals surface area (Å²) in [5.41, 5.74) is -0.796. The van der Waals surface area contributed by atoms with Crippen LogP contribution >= 0.6 is 0 Å². The summed E-state index contributed by atoms with van der Waals surface area (Å²) in [6, 6.07) is 0. The van der Waals surface area contributed by atoms with E-state index in [-0.39, 0.29) is 17.3 Å². The average molecular weight is 297 g/mol. The number of piperidine rings is 1. The van der Waals surface area contributed by atoms with Gasteiger partial charge >= 0.3 is 5.97 Å². The molecule has 5 nitrogen and oxygen atoms in total. The van der Waals surface area contributed by atoms with E-state index in [1.54, 1.807) is 0 Å². The number of ether oxygens (including phenoxy) is 1. The third-order valence-electron chi connectivity index (χ3n) is 4.84. The zero-order valence-electron chi connectivity index (χ0n) is 13.4. The standard InChI is InChI=1S/C16H27NO4/c1-15(2,3)13-10-16(14(19)20,6-9-21-13)11-17-7-4-12(18)5-8-17/h13H,4-11H2,1-3H3,(H,19,20). The van der Waals surface area contributed by atoms with Crippen LogP contribution in [0.25, 0.3) is 0 Å². The quantitative estimate of drug-likeness (QED) is 0.862. The number of aliphatic carboxylic acids is 1. The molecule has 120 valence electrons. The van der Waals surface area contributed by atoms with E-state index < -0.39 is 11.4 Å². The molecule has 2 saturated heterocycles. The number of nitrogens with zero attached hydrogens (tertiary/aromatic N) is 1. The highest BCUT2D eigenvalue weighted by Gasteiger charge is 2.47. The summed E-state index contributed by atoms with van der Waals surface area (Å²) in [6.45, 7) is 8.69. The van der Waals surface area contributed by atoms with Gasteiger partial charge in [0.25, 0.3) is 0 Å². The zero-order valence-corrected chi connectivity index (χ0v) is 13.4. The summed E-state index contributed by atoms with van der Waals surface area (Å²) in [6.07, 6.45) is 2.17. The third-order valence-corrected chi connectivity index (χ3v) is 4.84. The third kappa shape index (κ3) is 3.83. The molecule has 1 N–H and O–H groups in total. The Balaban J connectivity index is 2.09. The summed E-state index contributed by atoms with van der Waals surface area (Å²) < 4.78 is 5.82. The van der Waals surface area contributed by atoms with Gasteiger partial charge in [0, 0.05) is 39.1 Å². The van der Waals surface area contributed by atoms with Crippen LogP contribution in [0.15, 0.2) is 0 Å². The van der Waals surface area contributed by atoms with E-state index in [1.807, 2.05) is 0 Å². The zero-order chi connectivity index (χ0) is 15.7. The number of carboxylic acid groups (broad SMARTS) is 1. The second-order valence-corrected chi connectivity index (χ2v) is 7.58. The minimum Gasteiger partial charge on any atom is -0.481 e. The van der Waals surface area contributed by atoms with Crippen molar-refractivity contribution in [2.45, 2.75) is 52.6 Å². The second-order valence-electron chi connectivity index (χ2n) is 7.58. The predicted molar refractivity (Wildman–Crippen MR) is 79.2 cm³/mol. The molecule has 0 aromatic rings. The van der Waals surface area contributed by atoms with Crippen molar-refractivity contribution >= 4 is 11.8 Å². The monoisotopic (exact) mass is 297 g/mol. The molecule has 2 atom stereocenters. The summed E-state index contributed by atoms with van der Waals surface area (Å²) >= 11 is 0. The molecule has 0 amide bonds. The highest BCUT2D eigenvalue weighted by atomic mass is 16.5. The molecular formula is C16H27NO4. The SMILES string of the molecule is CC(C)(C)C1CC(CN2CCC(=O)CC2)(C(=O)O)CCO1. The van der Waals surface area contributed by atoms with E-state index in [4.69, 9.17) is 4.74 Å². The van der Waals surface area contributed by atoms with Gasteiger partial charge in [0.2, 0.25) is 0 Å². The predicted octanol–water partition coefficient (Wildman–Crippen LogP) is 1.95. The molecule has 2 heterocycles. The van der Waals surface area contributed by atoms with Gasteiger partial charge in [0.05, 0.1) is 11.5 Å². The molecule has 21 heavy (non-hydrogen) atoms. The highest BCUT2D eigenvalue weighted by Crippen LogP contribution is 2.41. The fourth-order valence-electron chi connectivity index (χ4n) is 3.26. The minimum absolute atomic E-state index is 0.0335. The Bertz CT molecular complexity index is 405. The van der Waals surface area contributed by atoms with Crippen LogP contribution in [0.2, 0.25) is 0 Å². The average Bonchev–Trinajstić information content (AvgIpc) is 2.40. The Kier molecular flexibility index (Phi) is 4.73. The van der Waals surface area contributed by atoms with Crippen LogP contribution in [0, 0.1) is 10.8 Å². The van der Waals surface area contributed by atoms with Gasteiger partial charge in [-0.2, -0.15) is 0 Å². The number of carbonyl (C=O) groups excluding carboxylic acids is 1. The van der Waals surface area contributed by atoms with Gasteiger partial charge in [0.15, 0.2) is 0 Å². The van der Waals surface area contributed by atoms with Crippen molar-refractivity contribution in [3.8, 4) is 0 Å². The molecule has 0 radical (unpaired) electrons. The molecule has 2 aliphatic rings. The largest absolute Gasteiger partial charge is 0.481 e. The lowest BCUT2D eigenvalue weighted by Crippen LogP contribution is -2.52. The highest BCUT2D eigenvalue weighted by molar-refractivity contribution is 5.79. The summed E-state index contributed by atoms with van der Waals surface area (Å²) in [5, 5.41) is 9.81. The smallest absolute Gasteiger partial charge is 0.311 e. The van der Waals surface area contributed by atoms with Crippen LogP contribution in [-0.4, -0.2) is 54.1 Å². The Morgan fingerprint density at radius 3 is 2.52 bits per heavy atom. The van der Waals surface area contributed by atoms with Crippen LogP contribution in [0.1, 0.15) is 46.5 Å². The molecule has 0 bridgehead atoms. The van der Waals surface area contributed by atoms with E-state index in [0.717, 1.165) is 0 Å². The summed E-state index contributed by atoms with van der Waals surface area (Å²) in [5.74, 6) is -0.438. The molecule has 2 unspecified atom stereocenters. The van der Waals surface area contributed by atoms with Crippen LogP contribution in [-0.2, 0) is 14.3 Å². The first-order chi connectivity index (χ1) is 9.73. The van der Waals surface area contributed by atoms with Crippen molar-refractivity contribution < 1.29 is 19.4 Å². The van der Waals surface area contributed by atoms with Gasteiger partial charge in [-0.3, -0.25) is 9.59 Å². The van der Waals surface area contributed by atoms with Crippen molar-refractivity contribution in [3.63, 3.8) is 0 Å². The van der Waals surface area contributed by atoms with Crippen LogP contribution in [0.4, 0.5) is 0 Å². The Hall–Kier alpha value is -0.940. The number of likely N-dealkylation sites (tertiary alicyclic amines) is 1. The molecule has 5 heteroatoms. The number of hydrogen-bond donors (Lipinski definition) is 1. The number of Topliss-reactive ketones (excluding diaryl/α,β-unsaturated/α-hetero) is 1. The van der Waals surface area contributed by atoms with Gasteiger partial charge in [-0.15, -0.1) is 0 Å². The Labute approximate surface area is 126 Å². The van der Waals surface area contributed by atoms with Crippen molar-refractivity contribution in [2.24, 2.45) is 10.8 Å². The summed E-state index contributed by atoms with van der Waals surface area (Å²) in [4.78, 5) is 25.4. The first kappa shape index (κ1) is 16.4. The van der Waals surface area contributed by atoms with E-state index in [9.17, 15) is 14.7 Å². The molecule has 2 aliphatic heterocycles. The first-order valence-electron chi connectivity index (χ1n) is 7.82. The van der Waals surface area contributed by atoms with Crippen LogP contribution in [0.5, 0.6) is 0 Å². The van der Waals surface area contributed by atoms with E-state index in [1.165, 1.54) is 0 Å². The maximum absolute atomic E-state index is 11.9. The lowest BCUT2D eigenvalue weighted by Gasteiger charge is -2.45. The summed E-state index contributed by atoms with van der Waals surface area (Å²) in [7, 11) is 0. The van der Waals surface area contributed by atoms with Gasteiger partial charge in [-0.25, -0.2) is 0 Å². The van der Waals surface area contributed by atoms with Gasteiger partial charge in [-0.1, -0.05) is 20.8 Å². The van der Waals surface area contributed by atoms with E-state index in [2.05, 4.69) is 25.7 Å². The molecule has 2 fully saturated rings. The van der Waals surface area contributed by atoms with E-state index in [0.29, 0.717) is 51.9 Å². The van der Waals surface area contributed by atoms with Crippen molar-refractivity contribution in [2.75, 3.05) is 26.2 Å². The number of ketones is 1. The van der Waals surface area contributed by atoms with Gasteiger partial charge < -0.3 is 14.7 Å². The number of carbonyl (C=O) groups is 2.